The first-order valence-corrected chi connectivity index (χ1v) is 13.3. The summed E-state index contributed by atoms with van der Waals surface area (Å²) in [6.07, 6.45) is 2.23. The van der Waals surface area contributed by atoms with Crippen LogP contribution in [0.15, 0.2) is 70.2 Å². The summed E-state index contributed by atoms with van der Waals surface area (Å²) in [6, 6.07) is 17.3. The molecule has 0 saturated carbocycles. The van der Waals surface area contributed by atoms with Gasteiger partial charge in [0.25, 0.3) is 0 Å². The molecule has 0 radical (unpaired) electrons. The van der Waals surface area contributed by atoms with Crippen molar-refractivity contribution < 1.29 is 17.6 Å². The molecule has 3 rings (SSSR count). The second-order valence-corrected chi connectivity index (χ2v) is 11.8. The zero-order valence-corrected chi connectivity index (χ0v) is 22.4. The number of benzene rings is 2. The molecule has 0 bridgehead atoms. The van der Waals surface area contributed by atoms with Crippen molar-refractivity contribution in [1.29, 1.82) is 0 Å². The molecule has 0 unspecified atom stereocenters. The minimum atomic E-state index is -3.93. The van der Waals surface area contributed by atoms with E-state index in [4.69, 9.17) is 4.42 Å². The number of sulfonamides is 1. The van der Waals surface area contributed by atoms with E-state index in [-0.39, 0.29) is 23.9 Å². The van der Waals surface area contributed by atoms with E-state index in [1.165, 1.54) is 4.31 Å². The van der Waals surface area contributed by atoms with Gasteiger partial charge in [-0.2, -0.15) is 4.31 Å². The van der Waals surface area contributed by atoms with Gasteiger partial charge in [-0.3, -0.25) is 4.79 Å². The van der Waals surface area contributed by atoms with Crippen LogP contribution in [0.3, 0.4) is 0 Å². The highest BCUT2D eigenvalue weighted by atomic mass is 32.2. The molecule has 0 saturated heterocycles. The van der Waals surface area contributed by atoms with Gasteiger partial charge in [0.2, 0.25) is 15.9 Å². The van der Waals surface area contributed by atoms with Crippen LogP contribution in [0.1, 0.15) is 48.8 Å². The van der Waals surface area contributed by atoms with Crippen LogP contribution in [0.5, 0.6) is 0 Å². The molecule has 6 nitrogen and oxygen atoms in total. The highest BCUT2D eigenvalue weighted by molar-refractivity contribution is 7.89. The van der Waals surface area contributed by atoms with Gasteiger partial charge >= 0.3 is 0 Å². The van der Waals surface area contributed by atoms with Crippen LogP contribution in [0.25, 0.3) is 0 Å². The number of rotatable bonds is 9. The first-order chi connectivity index (χ1) is 16.4. The summed E-state index contributed by atoms with van der Waals surface area (Å²) in [4.78, 5) is 15.6. The second-order valence-electron chi connectivity index (χ2n) is 10.0. The molecular formula is C28H36N2O4S. The number of carbonyl (C=O) groups excluding carboxylic acids is 1. The normalized spacial score (nSPS) is 12.2. The molecule has 0 spiro atoms. The molecule has 0 aliphatic rings. The molecule has 0 N–H and O–H groups in total. The van der Waals surface area contributed by atoms with Gasteiger partial charge in [-0.15, -0.1) is 0 Å². The maximum Gasteiger partial charge on any atom is 0.244 e. The van der Waals surface area contributed by atoms with E-state index >= 15 is 0 Å². The van der Waals surface area contributed by atoms with Crippen molar-refractivity contribution >= 4 is 15.9 Å². The Morgan fingerprint density at radius 2 is 1.57 bits per heavy atom. The third kappa shape index (κ3) is 6.61. The third-order valence-corrected chi connectivity index (χ3v) is 8.39. The standard InChI is InChI=1S/C28H36N2O4S/c1-21-17-22(2)27(23(3)18-21)35(32,33)30(28(4,5)6)20-26(31)29(19-25-13-10-16-34-25)15-14-24-11-8-7-9-12-24/h7-13,16-18H,14-15,19-20H2,1-6H3. The number of amides is 1. The minimum Gasteiger partial charge on any atom is -0.467 e. The summed E-state index contributed by atoms with van der Waals surface area (Å²) in [6.45, 7) is 11.5. The van der Waals surface area contributed by atoms with Crippen LogP contribution in [0, 0.1) is 20.8 Å². The van der Waals surface area contributed by atoms with E-state index in [0.717, 1.165) is 11.1 Å². The largest absolute Gasteiger partial charge is 0.467 e. The first kappa shape index (κ1) is 26.7. The van der Waals surface area contributed by atoms with Crippen molar-refractivity contribution in [2.24, 2.45) is 0 Å². The highest BCUT2D eigenvalue weighted by Crippen LogP contribution is 2.30. The average molecular weight is 497 g/mol. The Morgan fingerprint density at radius 3 is 2.11 bits per heavy atom. The van der Waals surface area contributed by atoms with Crippen molar-refractivity contribution in [3.8, 4) is 0 Å². The number of carbonyl (C=O) groups is 1. The summed E-state index contributed by atoms with van der Waals surface area (Å²) in [7, 11) is -3.93. The van der Waals surface area contributed by atoms with Gasteiger partial charge in [-0.1, -0.05) is 48.0 Å². The van der Waals surface area contributed by atoms with Gasteiger partial charge < -0.3 is 9.32 Å². The summed E-state index contributed by atoms with van der Waals surface area (Å²) in [5.41, 5.74) is 2.67. The van der Waals surface area contributed by atoms with Gasteiger partial charge in [-0.05, 0) is 76.8 Å². The van der Waals surface area contributed by atoms with E-state index in [1.54, 1.807) is 31.1 Å². The fourth-order valence-electron chi connectivity index (χ4n) is 4.38. The zero-order chi connectivity index (χ0) is 25.8. The zero-order valence-electron chi connectivity index (χ0n) is 21.5. The fourth-order valence-corrected chi connectivity index (χ4v) is 6.53. The summed E-state index contributed by atoms with van der Waals surface area (Å²) in [5, 5.41) is 0. The van der Waals surface area contributed by atoms with Gasteiger partial charge in [0.15, 0.2) is 0 Å². The Hall–Kier alpha value is -2.90. The molecule has 0 fully saturated rings. The van der Waals surface area contributed by atoms with Crippen molar-refractivity contribution in [3.63, 3.8) is 0 Å². The topological polar surface area (TPSA) is 70.8 Å². The lowest BCUT2D eigenvalue weighted by atomic mass is 10.1. The summed E-state index contributed by atoms with van der Waals surface area (Å²) in [5.74, 6) is 0.389. The van der Waals surface area contributed by atoms with Crippen molar-refractivity contribution in [1.82, 2.24) is 9.21 Å². The van der Waals surface area contributed by atoms with Crippen LogP contribution in [0.4, 0.5) is 0 Å². The lowest BCUT2D eigenvalue weighted by molar-refractivity contribution is -0.133. The number of furan rings is 1. The molecule has 0 aliphatic heterocycles. The summed E-state index contributed by atoms with van der Waals surface area (Å²) >= 11 is 0. The van der Waals surface area contributed by atoms with Crippen LogP contribution < -0.4 is 0 Å². The molecule has 2 aromatic carbocycles. The molecular weight excluding hydrogens is 460 g/mol. The smallest absolute Gasteiger partial charge is 0.244 e. The van der Waals surface area contributed by atoms with Gasteiger partial charge in [0.05, 0.1) is 24.2 Å². The van der Waals surface area contributed by atoms with E-state index in [9.17, 15) is 13.2 Å². The lowest BCUT2D eigenvalue weighted by Crippen LogP contribution is -2.51. The number of nitrogens with zero attached hydrogens (tertiary/aromatic N) is 2. The van der Waals surface area contributed by atoms with Gasteiger partial charge in [0.1, 0.15) is 5.76 Å². The molecule has 1 amide bonds. The Labute approximate surface area is 209 Å². The lowest BCUT2D eigenvalue weighted by Gasteiger charge is -2.36. The van der Waals surface area contributed by atoms with Crippen LogP contribution in [0.2, 0.25) is 0 Å². The van der Waals surface area contributed by atoms with Crippen LogP contribution in [-0.4, -0.2) is 42.2 Å². The van der Waals surface area contributed by atoms with Crippen LogP contribution >= 0.6 is 0 Å². The van der Waals surface area contributed by atoms with Gasteiger partial charge in [-0.25, -0.2) is 8.42 Å². The Kier molecular flexibility index (Phi) is 8.23. The number of hydrogen-bond acceptors (Lipinski definition) is 4. The monoisotopic (exact) mass is 496 g/mol. The van der Waals surface area contributed by atoms with E-state index in [2.05, 4.69) is 0 Å². The minimum absolute atomic E-state index is 0.256. The molecule has 188 valence electrons. The highest BCUT2D eigenvalue weighted by Gasteiger charge is 2.38. The molecule has 0 atom stereocenters. The van der Waals surface area contributed by atoms with Gasteiger partial charge in [0, 0.05) is 12.1 Å². The molecule has 1 heterocycles. The van der Waals surface area contributed by atoms with Crippen LogP contribution in [-0.2, 0) is 27.8 Å². The average Bonchev–Trinajstić information content (AvgIpc) is 3.26. The second kappa shape index (κ2) is 10.8. The molecule has 7 heteroatoms. The van der Waals surface area contributed by atoms with Crippen molar-refractivity contribution in [2.45, 2.75) is 64.9 Å². The maximum absolute atomic E-state index is 13.9. The first-order valence-electron chi connectivity index (χ1n) is 11.8. The van der Waals surface area contributed by atoms with Crippen molar-refractivity contribution in [3.05, 3.63) is 88.9 Å². The quantitative estimate of drug-likeness (QED) is 0.405. The van der Waals surface area contributed by atoms with E-state index < -0.39 is 15.6 Å². The molecule has 0 aliphatic carbocycles. The third-order valence-electron chi connectivity index (χ3n) is 5.97. The number of hydrogen-bond donors (Lipinski definition) is 0. The van der Waals surface area contributed by atoms with E-state index in [0.29, 0.717) is 29.9 Å². The van der Waals surface area contributed by atoms with E-state index in [1.807, 2.05) is 76.2 Å². The molecule has 1 aromatic heterocycles. The number of aryl methyl sites for hydroxylation is 3. The Balaban J connectivity index is 1.92. The molecule has 35 heavy (non-hydrogen) atoms. The Bertz CT molecular complexity index is 1220. The van der Waals surface area contributed by atoms with Crippen molar-refractivity contribution in [2.75, 3.05) is 13.1 Å². The predicted molar refractivity (Wildman–Crippen MR) is 139 cm³/mol. The predicted octanol–water partition coefficient (Wildman–Crippen LogP) is 5.27. The SMILES string of the molecule is Cc1cc(C)c(S(=O)(=O)N(CC(=O)N(CCc2ccccc2)Cc2ccco2)C(C)(C)C)c(C)c1. The summed E-state index contributed by atoms with van der Waals surface area (Å²) < 4.78 is 34.7. The Morgan fingerprint density at radius 1 is 0.943 bits per heavy atom. The molecule has 3 aromatic rings. The maximum atomic E-state index is 13.9. The fraction of sp³-hybridized carbons (Fsp3) is 0.393.